The van der Waals surface area contributed by atoms with E-state index in [2.05, 4.69) is 19.1 Å². The summed E-state index contributed by atoms with van der Waals surface area (Å²) in [7, 11) is 0. The molecule has 5 nitrogen and oxygen atoms in total. The molecular formula is C21H31NO4. The molecule has 2 heterocycles. The molecule has 26 heavy (non-hydrogen) atoms. The van der Waals surface area contributed by atoms with Crippen LogP contribution in [0.2, 0.25) is 0 Å². The van der Waals surface area contributed by atoms with Crippen LogP contribution in [0.25, 0.3) is 0 Å². The van der Waals surface area contributed by atoms with Gasteiger partial charge in [-0.1, -0.05) is 19.1 Å². The number of hydrogen-bond donors (Lipinski definition) is 2. The largest absolute Gasteiger partial charge is 0.396 e. The van der Waals surface area contributed by atoms with E-state index in [1.165, 1.54) is 5.56 Å². The SMILES string of the molecule is C[C@@H]1[C@@H](C(C)(C)O)[C@H](CCO)O[C@@H]1CCc1ccc(N2CCC2=O)cc1. The summed E-state index contributed by atoms with van der Waals surface area (Å²) in [4.78, 5) is 13.3. The molecule has 144 valence electrons. The number of nitrogens with zero attached hydrogens (tertiary/aromatic N) is 1. The summed E-state index contributed by atoms with van der Waals surface area (Å²) in [6.07, 6.45) is 2.98. The molecule has 4 atom stereocenters. The Bertz CT molecular complexity index is 622. The number of anilines is 1. The molecule has 2 N–H and O–H groups in total. The van der Waals surface area contributed by atoms with Crippen molar-refractivity contribution in [3.8, 4) is 0 Å². The number of hydrogen-bond acceptors (Lipinski definition) is 4. The molecule has 5 heteroatoms. The first kappa shape index (κ1) is 19.3. The third kappa shape index (κ3) is 3.95. The summed E-state index contributed by atoms with van der Waals surface area (Å²) in [6, 6.07) is 8.19. The zero-order valence-electron chi connectivity index (χ0n) is 16.0. The molecule has 0 aliphatic carbocycles. The van der Waals surface area contributed by atoms with E-state index in [1.54, 1.807) is 4.90 Å². The number of aliphatic hydroxyl groups excluding tert-OH is 1. The molecule has 1 aromatic rings. The zero-order valence-corrected chi connectivity index (χ0v) is 16.0. The lowest BCUT2D eigenvalue weighted by molar-refractivity contribution is -0.122. The Kier molecular flexibility index (Phi) is 5.70. The molecule has 0 bridgehead atoms. The van der Waals surface area contributed by atoms with Crippen LogP contribution in [0.4, 0.5) is 5.69 Å². The van der Waals surface area contributed by atoms with Crippen molar-refractivity contribution in [2.45, 2.75) is 64.3 Å². The number of ether oxygens (including phenoxy) is 1. The normalized spacial score (nSPS) is 29.1. The predicted octanol–water partition coefficient (Wildman–Crippen LogP) is 2.53. The Balaban J connectivity index is 1.59. The van der Waals surface area contributed by atoms with E-state index in [4.69, 9.17) is 4.74 Å². The Labute approximate surface area is 156 Å². The standard InChI is InChI=1S/C21H31NO4/c1-14-17(26-18(11-13-23)20(14)21(2,3)25)9-6-15-4-7-16(8-5-15)22-12-10-19(22)24/h4-5,7-8,14,17-18,20,23,25H,6,9-13H2,1-3H3/t14-,17+,18-,20+/m0/s1. The van der Waals surface area contributed by atoms with Gasteiger partial charge in [0.1, 0.15) is 0 Å². The molecule has 1 aromatic carbocycles. The maximum atomic E-state index is 11.5. The van der Waals surface area contributed by atoms with E-state index in [0.717, 1.165) is 25.1 Å². The van der Waals surface area contributed by atoms with Crippen molar-refractivity contribution in [3.05, 3.63) is 29.8 Å². The Morgan fingerprint density at radius 2 is 1.88 bits per heavy atom. The van der Waals surface area contributed by atoms with Crippen molar-refractivity contribution in [2.75, 3.05) is 18.1 Å². The van der Waals surface area contributed by atoms with E-state index >= 15 is 0 Å². The van der Waals surface area contributed by atoms with Crippen LogP contribution in [0.1, 0.15) is 45.6 Å². The molecule has 2 aliphatic rings. The topological polar surface area (TPSA) is 70.0 Å². The average Bonchev–Trinajstić information content (AvgIpc) is 2.89. The highest BCUT2D eigenvalue weighted by Gasteiger charge is 2.47. The van der Waals surface area contributed by atoms with Gasteiger partial charge in [0.15, 0.2) is 0 Å². The van der Waals surface area contributed by atoms with Crippen molar-refractivity contribution in [3.63, 3.8) is 0 Å². The lowest BCUT2D eigenvalue weighted by Gasteiger charge is -2.32. The van der Waals surface area contributed by atoms with Gasteiger partial charge in [-0.25, -0.2) is 0 Å². The molecule has 0 aromatic heterocycles. The van der Waals surface area contributed by atoms with Crippen LogP contribution in [-0.2, 0) is 16.0 Å². The second kappa shape index (κ2) is 7.67. The molecular weight excluding hydrogens is 330 g/mol. The highest BCUT2D eigenvalue weighted by atomic mass is 16.5. The first-order valence-corrected chi connectivity index (χ1v) is 9.69. The minimum Gasteiger partial charge on any atom is -0.396 e. The number of carbonyl (C=O) groups excluding carboxylic acids is 1. The van der Waals surface area contributed by atoms with Crippen molar-refractivity contribution >= 4 is 11.6 Å². The minimum atomic E-state index is -0.820. The fraction of sp³-hybridized carbons (Fsp3) is 0.667. The summed E-state index contributed by atoms with van der Waals surface area (Å²) in [5.74, 6) is 0.461. The fourth-order valence-electron chi connectivity index (χ4n) is 4.55. The van der Waals surface area contributed by atoms with Gasteiger partial charge < -0.3 is 19.8 Å². The molecule has 0 unspecified atom stereocenters. The van der Waals surface area contributed by atoms with Gasteiger partial charge in [-0.05, 0) is 56.7 Å². The summed E-state index contributed by atoms with van der Waals surface area (Å²) in [6.45, 7) is 6.70. The van der Waals surface area contributed by atoms with Crippen molar-refractivity contribution in [2.24, 2.45) is 11.8 Å². The van der Waals surface area contributed by atoms with Crippen molar-refractivity contribution < 1.29 is 19.7 Å². The molecule has 1 amide bonds. The van der Waals surface area contributed by atoms with E-state index in [0.29, 0.717) is 12.8 Å². The third-order valence-corrected chi connectivity index (χ3v) is 5.95. The number of rotatable bonds is 7. The van der Waals surface area contributed by atoms with Crippen LogP contribution < -0.4 is 4.90 Å². The van der Waals surface area contributed by atoms with Gasteiger partial charge in [0.05, 0.1) is 17.8 Å². The van der Waals surface area contributed by atoms with Crippen LogP contribution in [-0.4, -0.2) is 47.1 Å². The predicted molar refractivity (Wildman–Crippen MR) is 101 cm³/mol. The van der Waals surface area contributed by atoms with Crippen LogP contribution in [0.15, 0.2) is 24.3 Å². The summed E-state index contributed by atoms with van der Waals surface area (Å²) < 4.78 is 6.20. The molecule has 0 radical (unpaired) electrons. The third-order valence-electron chi connectivity index (χ3n) is 5.95. The first-order chi connectivity index (χ1) is 12.3. The number of amides is 1. The van der Waals surface area contributed by atoms with Gasteiger partial charge in [-0.3, -0.25) is 4.79 Å². The van der Waals surface area contributed by atoms with Crippen molar-refractivity contribution in [1.29, 1.82) is 0 Å². The van der Waals surface area contributed by atoms with Gasteiger partial charge >= 0.3 is 0 Å². The Morgan fingerprint density at radius 3 is 2.38 bits per heavy atom. The van der Waals surface area contributed by atoms with Gasteiger partial charge in [0.25, 0.3) is 0 Å². The lowest BCUT2D eigenvalue weighted by Crippen LogP contribution is -2.43. The van der Waals surface area contributed by atoms with Crippen molar-refractivity contribution in [1.82, 2.24) is 0 Å². The van der Waals surface area contributed by atoms with Crippen LogP contribution in [0.3, 0.4) is 0 Å². The summed E-state index contributed by atoms with van der Waals surface area (Å²) in [5.41, 5.74) is 1.38. The maximum absolute atomic E-state index is 11.5. The summed E-state index contributed by atoms with van der Waals surface area (Å²) in [5, 5.41) is 19.8. The molecule has 0 saturated carbocycles. The molecule has 2 saturated heterocycles. The molecule has 2 fully saturated rings. The number of benzene rings is 1. The molecule has 2 aliphatic heterocycles. The zero-order chi connectivity index (χ0) is 18.9. The molecule has 0 spiro atoms. The fourth-order valence-corrected chi connectivity index (χ4v) is 4.55. The highest BCUT2D eigenvalue weighted by Crippen LogP contribution is 2.42. The van der Waals surface area contributed by atoms with Crippen LogP contribution in [0.5, 0.6) is 0 Å². The molecule has 3 rings (SSSR count). The number of β-lactam (4-membered cyclic amide) rings is 1. The number of carbonyl (C=O) groups is 1. The van der Waals surface area contributed by atoms with Gasteiger partial charge in [0.2, 0.25) is 5.91 Å². The first-order valence-electron chi connectivity index (χ1n) is 9.69. The average molecular weight is 361 g/mol. The van der Waals surface area contributed by atoms with Crippen LogP contribution in [0, 0.1) is 11.8 Å². The number of aliphatic hydroxyl groups is 2. The lowest BCUT2D eigenvalue weighted by atomic mass is 9.76. The summed E-state index contributed by atoms with van der Waals surface area (Å²) >= 11 is 0. The highest BCUT2D eigenvalue weighted by molar-refractivity contribution is 5.99. The van der Waals surface area contributed by atoms with Gasteiger partial charge in [-0.15, -0.1) is 0 Å². The van der Waals surface area contributed by atoms with E-state index < -0.39 is 5.60 Å². The van der Waals surface area contributed by atoms with Gasteiger partial charge in [-0.2, -0.15) is 0 Å². The Hall–Kier alpha value is -1.43. The van der Waals surface area contributed by atoms with E-state index in [-0.39, 0.29) is 36.6 Å². The quantitative estimate of drug-likeness (QED) is 0.732. The monoisotopic (exact) mass is 361 g/mol. The van der Waals surface area contributed by atoms with Crippen LogP contribution >= 0.6 is 0 Å². The smallest absolute Gasteiger partial charge is 0.228 e. The van der Waals surface area contributed by atoms with Gasteiger partial charge in [0, 0.05) is 31.2 Å². The maximum Gasteiger partial charge on any atom is 0.228 e. The Morgan fingerprint density at radius 1 is 1.19 bits per heavy atom. The second-order valence-corrected chi connectivity index (χ2v) is 8.26. The van der Waals surface area contributed by atoms with E-state index in [9.17, 15) is 15.0 Å². The van der Waals surface area contributed by atoms with E-state index in [1.807, 2.05) is 26.0 Å². The number of aryl methyl sites for hydroxylation is 1. The second-order valence-electron chi connectivity index (χ2n) is 8.26. The minimum absolute atomic E-state index is 0.0273.